The molecule has 1 unspecified atom stereocenters. The lowest BCUT2D eigenvalue weighted by molar-refractivity contribution is -0.131. The SMILES string of the molecule is CSCCC1NC(=O)N(CC(=O)N2CCSc3ccccc32)C1=O. The molecular weight excluding hydrogens is 346 g/mol. The number of anilines is 1. The molecule has 2 aliphatic rings. The van der Waals surface area contributed by atoms with Crippen LogP contribution in [-0.2, 0) is 9.59 Å². The predicted octanol–water partition coefficient (Wildman–Crippen LogP) is 1.80. The summed E-state index contributed by atoms with van der Waals surface area (Å²) in [6, 6.07) is 6.71. The largest absolute Gasteiger partial charge is 0.326 e. The zero-order valence-corrected chi connectivity index (χ0v) is 15.0. The normalized spacial score (nSPS) is 20.1. The number of hydrogen-bond acceptors (Lipinski definition) is 5. The lowest BCUT2D eigenvalue weighted by Crippen LogP contribution is -2.45. The number of carbonyl (C=O) groups excluding carboxylic acids is 3. The summed E-state index contributed by atoms with van der Waals surface area (Å²) >= 11 is 3.33. The second-order valence-electron chi connectivity index (χ2n) is 5.57. The number of carbonyl (C=O) groups is 3. The summed E-state index contributed by atoms with van der Waals surface area (Å²) in [4.78, 5) is 40.8. The number of benzene rings is 1. The highest BCUT2D eigenvalue weighted by molar-refractivity contribution is 7.99. The zero-order valence-electron chi connectivity index (χ0n) is 13.4. The highest BCUT2D eigenvalue weighted by atomic mass is 32.2. The van der Waals surface area contributed by atoms with Crippen LogP contribution in [0.4, 0.5) is 10.5 Å². The predicted molar refractivity (Wildman–Crippen MR) is 96.6 cm³/mol. The van der Waals surface area contributed by atoms with Gasteiger partial charge >= 0.3 is 6.03 Å². The Kier molecular flexibility index (Phi) is 5.35. The average Bonchev–Trinajstić information content (AvgIpc) is 2.86. The van der Waals surface area contributed by atoms with Crippen LogP contribution in [0.15, 0.2) is 29.2 Å². The van der Waals surface area contributed by atoms with Crippen LogP contribution >= 0.6 is 23.5 Å². The van der Waals surface area contributed by atoms with Gasteiger partial charge in [-0.3, -0.25) is 14.5 Å². The van der Waals surface area contributed by atoms with Crippen LogP contribution in [0.2, 0.25) is 0 Å². The van der Waals surface area contributed by atoms with E-state index < -0.39 is 12.1 Å². The van der Waals surface area contributed by atoms with Crippen molar-refractivity contribution < 1.29 is 14.4 Å². The molecule has 1 aromatic rings. The van der Waals surface area contributed by atoms with Crippen LogP contribution in [0.1, 0.15) is 6.42 Å². The van der Waals surface area contributed by atoms with Crippen molar-refractivity contribution in [3.05, 3.63) is 24.3 Å². The maximum absolute atomic E-state index is 12.7. The Morgan fingerprint density at radius 1 is 1.38 bits per heavy atom. The second-order valence-corrected chi connectivity index (χ2v) is 7.69. The monoisotopic (exact) mass is 365 g/mol. The Morgan fingerprint density at radius 3 is 2.96 bits per heavy atom. The van der Waals surface area contributed by atoms with Crippen molar-refractivity contribution in [2.45, 2.75) is 17.4 Å². The molecule has 24 heavy (non-hydrogen) atoms. The Bertz CT molecular complexity index is 668. The number of thioether (sulfide) groups is 2. The highest BCUT2D eigenvalue weighted by Crippen LogP contribution is 2.34. The van der Waals surface area contributed by atoms with E-state index in [1.165, 1.54) is 0 Å². The summed E-state index contributed by atoms with van der Waals surface area (Å²) < 4.78 is 0. The highest BCUT2D eigenvalue weighted by Gasteiger charge is 2.39. The van der Waals surface area contributed by atoms with Gasteiger partial charge in [0.15, 0.2) is 0 Å². The van der Waals surface area contributed by atoms with Crippen LogP contribution in [0.25, 0.3) is 0 Å². The van der Waals surface area contributed by atoms with E-state index in [-0.39, 0.29) is 18.4 Å². The fourth-order valence-electron chi connectivity index (χ4n) is 2.81. The molecule has 8 heteroatoms. The molecule has 2 aliphatic heterocycles. The number of hydrogen-bond donors (Lipinski definition) is 1. The van der Waals surface area contributed by atoms with Gasteiger partial charge in [0.2, 0.25) is 5.91 Å². The van der Waals surface area contributed by atoms with Crippen molar-refractivity contribution in [2.24, 2.45) is 0 Å². The summed E-state index contributed by atoms with van der Waals surface area (Å²) in [5.41, 5.74) is 0.852. The molecule has 0 aromatic heterocycles. The van der Waals surface area contributed by atoms with Crippen molar-refractivity contribution in [3.63, 3.8) is 0 Å². The third-order valence-corrected chi connectivity index (χ3v) is 5.73. The first-order valence-corrected chi connectivity index (χ1v) is 10.1. The van der Waals surface area contributed by atoms with E-state index in [4.69, 9.17) is 0 Å². The first-order chi connectivity index (χ1) is 11.6. The molecule has 3 rings (SSSR count). The molecule has 6 nitrogen and oxygen atoms in total. The number of amides is 4. The molecule has 1 saturated heterocycles. The second kappa shape index (κ2) is 7.48. The lowest BCUT2D eigenvalue weighted by atomic mass is 10.2. The van der Waals surface area contributed by atoms with E-state index >= 15 is 0 Å². The van der Waals surface area contributed by atoms with Crippen LogP contribution < -0.4 is 10.2 Å². The molecule has 1 aromatic carbocycles. The third-order valence-electron chi connectivity index (χ3n) is 4.04. The maximum Gasteiger partial charge on any atom is 0.325 e. The Hall–Kier alpha value is -1.67. The number of imide groups is 1. The standard InChI is InChI=1S/C16H19N3O3S2/c1-23-8-6-11-15(21)19(16(22)17-11)10-14(20)18-7-9-24-13-5-3-2-4-12(13)18/h2-5,11H,6-10H2,1H3,(H,17,22). The molecule has 0 saturated carbocycles. The van der Waals surface area contributed by atoms with Crippen molar-refractivity contribution in [1.82, 2.24) is 10.2 Å². The van der Waals surface area contributed by atoms with Crippen LogP contribution in [-0.4, -0.2) is 59.6 Å². The van der Waals surface area contributed by atoms with Gasteiger partial charge in [0.1, 0.15) is 12.6 Å². The van der Waals surface area contributed by atoms with E-state index in [1.54, 1.807) is 28.4 Å². The molecule has 0 radical (unpaired) electrons. The number of rotatable bonds is 5. The van der Waals surface area contributed by atoms with Crippen LogP contribution in [0.3, 0.4) is 0 Å². The maximum atomic E-state index is 12.7. The van der Waals surface area contributed by atoms with Crippen molar-refractivity contribution in [2.75, 3.05) is 35.8 Å². The van der Waals surface area contributed by atoms with E-state index in [0.29, 0.717) is 13.0 Å². The lowest BCUT2D eigenvalue weighted by Gasteiger charge is -2.29. The Morgan fingerprint density at radius 2 is 2.17 bits per heavy atom. The van der Waals surface area contributed by atoms with Gasteiger partial charge in [-0.15, -0.1) is 11.8 Å². The Balaban J connectivity index is 1.69. The Labute approximate surface area is 149 Å². The average molecular weight is 365 g/mol. The topological polar surface area (TPSA) is 69.7 Å². The van der Waals surface area contributed by atoms with Gasteiger partial charge in [0.25, 0.3) is 5.91 Å². The number of fused-ring (bicyclic) bond motifs is 1. The summed E-state index contributed by atoms with van der Waals surface area (Å²) in [6.45, 7) is 0.375. The molecule has 0 aliphatic carbocycles. The molecule has 1 fully saturated rings. The van der Waals surface area contributed by atoms with Crippen molar-refractivity contribution in [3.8, 4) is 0 Å². The van der Waals surface area contributed by atoms with Crippen molar-refractivity contribution in [1.29, 1.82) is 0 Å². The van der Waals surface area contributed by atoms with Crippen molar-refractivity contribution >= 4 is 47.1 Å². The molecule has 0 spiro atoms. The first-order valence-electron chi connectivity index (χ1n) is 7.75. The molecular formula is C16H19N3O3S2. The molecule has 1 atom stereocenters. The minimum absolute atomic E-state index is 0.209. The van der Waals surface area contributed by atoms with Gasteiger partial charge in [-0.2, -0.15) is 11.8 Å². The summed E-state index contributed by atoms with van der Waals surface area (Å²) in [6.07, 6.45) is 2.54. The number of nitrogens with zero attached hydrogens (tertiary/aromatic N) is 2. The van der Waals surface area contributed by atoms with Gasteiger partial charge in [-0.05, 0) is 30.6 Å². The fourth-order valence-corrected chi connectivity index (χ4v) is 4.27. The molecule has 128 valence electrons. The van der Waals surface area contributed by atoms with Crippen LogP contribution in [0, 0.1) is 0 Å². The van der Waals surface area contributed by atoms with E-state index in [0.717, 1.165) is 27.0 Å². The summed E-state index contributed by atoms with van der Waals surface area (Å²) in [5, 5.41) is 2.67. The number of urea groups is 1. The minimum atomic E-state index is -0.512. The van der Waals surface area contributed by atoms with Gasteiger partial charge in [0.05, 0.1) is 5.69 Å². The van der Waals surface area contributed by atoms with E-state index in [2.05, 4.69) is 5.32 Å². The fraction of sp³-hybridized carbons (Fsp3) is 0.438. The van der Waals surface area contributed by atoms with Gasteiger partial charge in [-0.1, -0.05) is 12.1 Å². The number of nitrogens with one attached hydrogen (secondary N) is 1. The number of para-hydroxylation sites is 1. The molecule has 2 heterocycles. The zero-order chi connectivity index (χ0) is 17.1. The van der Waals surface area contributed by atoms with Gasteiger partial charge in [-0.25, -0.2) is 4.79 Å². The third kappa shape index (κ3) is 3.39. The summed E-state index contributed by atoms with van der Waals surface area (Å²) in [7, 11) is 0. The van der Waals surface area contributed by atoms with Gasteiger partial charge in [0, 0.05) is 17.2 Å². The van der Waals surface area contributed by atoms with Crippen LogP contribution in [0.5, 0.6) is 0 Å². The minimum Gasteiger partial charge on any atom is -0.326 e. The summed E-state index contributed by atoms with van der Waals surface area (Å²) in [5.74, 6) is 1.06. The first kappa shape index (κ1) is 17.2. The quantitative estimate of drug-likeness (QED) is 0.806. The van der Waals surface area contributed by atoms with E-state index in [9.17, 15) is 14.4 Å². The smallest absolute Gasteiger partial charge is 0.325 e. The molecule has 1 N–H and O–H groups in total. The molecule has 4 amide bonds. The van der Waals surface area contributed by atoms with Gasteiger partial charge < -0.3 is 10.2 Å². The molecule has 0 bridgehead atoms. The van der Waals surface area contributed by atoms with E-state index in [1.807, 2.05) is 30.5 Å².